The van der Waals surface area contributed by atoms with Crippen molar-refractivity contribution in [2.24, 2.45) is 0 Å². The standard InChI is InChI=1S/C24H18N2OS/c27-22-15-19-11-5-4-10-18(19)14-21(22)26(16-17-8-2-1-3-9-17)24-25-20-12-6-7-13-23(20)28-24/h1-15,27H,16H2. The molecule has 1 N–H and O–H groups in total. The normalized spacial score (nSPS) is 11.1. The van der Waals surface area contributed by atoms with Crippen LogP contribution in [0, 0.1) is 0 Å². The van der Waals surface area contributed by atoms with Gasteiger partial charge in [-0.2, -0.15) is 0 Å². The quantitative estimate of drug-likeness (QED) is 0.386. The highest BCUT2D eigenvalue weighted by Crippen LogP contribution is 2.40. The van der Waals surface area contributed by atoms with Gasteiger partial charge in [-0.1, -0.05) is 78.1 Å². The lowest BCUT2D eigenvalue weighted by Gasteiger charge is -2.23. The maximum absolute atomic E-state index is 10.8. The van der Waals surface area contributed by atoms with Crippen LogP contribution in [0.4, 0.5) is 10.8 Å². The second-order valence-corrected chi connectivity index (χ2v) is 7.73. The zero-order valence-electron chi connectivity index (χ0n) is 15.1. The van der Waals surface area contributed by atoms with Crippen molar-refractivity contribution in [1.29, 1.82) is 0 Å². The molecular weight excluding hydrogens is 364 g/mol. The highest BCUT2D eigenvalue weighted by molar-refractivity contribution is 7.22. The van der Waals surface area contributed by atoms with Crippen molar-refractivity contribution >= 4 is 43.1 Å². The summed E-state index contributed by atoms with van der Waals surface area (Å²) in [5.41, 5.74) is 2.90. The van der Waals surface area contributed by atoms with Crippen LogP contribution in [0.25, 0.3) is 21.0 Å². The number of para-hydroxylation sites is 1. The van der Waals surface area contributed by atoms with E-state index in [1.807, 2.05) is 66.7 Å². The number of nitrogens with zero attached hydrogens (tertiary/aromatic N) is 2. The molecule has 1 heterocycles. The molecule has 5 aromatic rings. The van der Waals surface area contributed by atoms with Crippen LogP contribution in [0.1, 0.15) is 5.56 Å². The average molecular weight is 382 g/mol. The second-order valence-electron chi connectivity index (χ2n) is 6.72. The third kappa shape index (κ3) is 3.08. The van der Waals surface area contributed by atoms with Crippen LogP contribution in [0.2, 0.25) is 0 Å². The number of aromatic nitrogens is 1. The average Bonchev–Trinajstić information content (AvgIpc) is 3.16. The molecule has 3 nitrogen and oxygen atoms in total. The van der Waals surface area contributed by atoms with Crippen molar-refractivity contribution in [2.75, 3.05) is 4.90 Å². The summed E-state index contributed by atoms with van der Waals surface area (Å²) in [7, 11) is 0. The monoisotopic (exact) mass is 382 g/mol. The van der Waals surface area contributed by atoms with E-state index in [0.717, 1.165) is 37.4 Å². The lowest BCUT2D eigenvalue weighted by atomic mass is 10.1. The Bertz CT molecular complexity index is 1230. The topological polar surface area (TPSA) is 36.4 Å². The van der Waals surface area contributed by atoms with Crippen LogP contribution in [0.3, 0.4) is 0 Å². The van der Waals surface area contributed by atoms with Crippen LogP contribution < -0.4 is 4.90 Å². The molecule has 5 rings (SSSR count). The molecule has 1 aromatic heterocycles. The molecule has 0 fully saturated rings. The molecule has 0 radical (unpaired) electrons. The predicted molar refractivity (Wildman–Crippen MR) is 118 cm³/mol. The minimum atomic E-state index is 0.258. The van der Waals surface area contributed by atoms with Crippen LogP contribution in [0.5, 0.6) is 5.75 Å². The zero-order chi connectivity index (χ0) is 18.9. The number of hydrogen-bond acceptors (Lipinski definition) is 4. The Morgan fingerprint density at radius 2 is 1.46 bits per heavy atom. The van der Waals surface area contributed by atoms with E-state index in [4.69, 9.17) is 4.98 Å². The Morgan fingerprint density at radius 1 is 0.786 bits per heavy atom. The summed E-state index contributed by atoms with van der Waals surface area (Å²) in [6.45, 7) is 0.632. The van der Waals surface area contributed by atoms with Gasteiger partial charge in [-0.3, -0.25) is 0 Å². The van der Waals surface area contributed by atoms with Crippen LogP contribution in [0.15, 0.2) is 91.0 Å². The number of rotatable bonds is 4. The number of phenolic OH excluding ortho intramolecular Hbond substituents is 1. The Hall–Kier alpha value is -3.37. The van der Waals surface area contributed by atoms with Crippen molar-refractivity contribution in [1.82, 2.24) is 4.98 Å². The maximum Gasteiger partial charge on any atom is 0.191 e. The second kappa shape index (κ2) is 6.98. The minimum Gasteiger partial charge on any atom is -0.506 e. The van der Waals surface area contributed by atoms with E-state index in [0.29, 0.717) is 6.54 Å². The fourth-order valence-corrected chi connectivity index (χ4v) is 4.41. The van der Waals surface area contributed by atoms with Crippen molar-refractivity contribution < 1.29 is 5.11 Å². The molecule has 0 saturated heterocycles. The predicted octanol–water partition coefficient (Wildman–Crippen LogP) is 6.49. The summed E-state index contributed by atoms with van der Waals surface area (Å²) < 4.78 is 1.14. The molecule has 0 saturated carbocycles. The first kappa shape index (κ1) is 16.8. The largest absolute Gasteiger partial charge is 0.506 e. The van der Waals surface area contributed by atoms with Crippen molar-refractivity contribution in [3.63, 3.8) is 0 Å². The van der Waals surface area contributed by atoms with Crippen LogP contribution >= 0.6 is 11.3 Å². The van der Waals surface area contributed by atoms with Gasteiger partial charge in [0.15, 0.2) is 5.13 Å². The maximum atomic E-state index is 10.8. The molecule has 0 spiro atoms. The van der Waals surface area contributed by atoms with Crippen molar-refractivity contribution in [3.8, 4) is 5.75 Å². The summed E-state index contributed by atoms with van der Waals surface area (Å²) in [4.78, 5) is 6.94. The number of thiazole rings is 1. The first-order chi connectivity index (χ1) is 13.8. The van der Waals surface area contributed by atoms with Gasteiger partial charge in [-0.25, -0.2) is 4.98 Å². The molecule has 0 aliphatic heterocycles. The molecule has 0 aliphatic rings. The molecule has 4 aromatic carbocycles. The van der Waals surface area contributed by atoms with Crippen LogP contribution in [-0.2, 0) is 6.54 Å². The van der Waals surface area contributed by atoms with E-state index in [2.05, 4.69) is 29.2 Å². The van der Waals surface area contributed by atoms with Crippen LogP contribution in [-0.4, -0.2) is 10.1 Å². The number of benzene rings is 4. The first-order valence-electron chi connectivity index (χ1n) is 9.17. The van der Waals surface area contributed by atoms with Gasteiger partial charge in [-0.15, -0.1) is 0 Å². The Labute approximate surface area is 167 Å². The first-order valence-corrected chi connectivity index (χ1v) is 9.98. The van der Waals surface area contributed by atoms with E-state index in [1.165, 1.54) is 0 Å². The number of aromatic hydroxyl groups is 1. The van der Waals surface area contributed by atoms with Crippen molar-refractivity contribution in [2.45, 2.75) is 6.54 Å². The Morgan fingerprint density at radius 3 is 2.25 bits per heavy atom. The minimum absolute atomic E-state index is 0.258. The third-order valence-electron chi connectivity index (χ3n) is 4.83. The van der Waals surface area contributed by atoms with E-state index >= 15 is 0 Å². The number of anilines is 2. The smallest absolute Gasteiger partial charge is 0.191 e. The lowest BCUT2D eigenvalue weighted by Crippen LogP contribution is -2.16. The molecule has 28 heavy (non-hydrogen) atoms. The number of fused-ring (bicyclic) bond motifs is 2. The highest BCUT2D eigenvalue weighted by Gasteiger charge is 2.19. The van der Waals surface area contributed by atoms with E-state index in [9.17, 15) is 5.11 Å². The summed E-state index contributed by atoms with van der Waals surface area (Å²) in [6, 6.07) is 30.4. The van der Waals surface area contributed by atoms with Gasteiger partial charge < -0.3 is 10.0 Å². The lowest BCUT2D eigenvalue weighted by molar-refractivity contribution is 0.476. The molecular formula is C24H18N2OS. The SMILES string of the molecule is Oc1cc2ccccc2cc1N(Cc1ccccc1)c1nc2ccccc2s1. The van der Waals surface area contributed by atoms with Gasteiger partial charge in [0.2, 0.25) is 0 Å². The Balaban J connectivity index is 1.68. The Kier molecular flexibility index (Phi) is 4.18. The summed E-state index contributed by atoms with van der Waals surface area (Å²) >= 11 is 1.64. The number of phenols is 1. The molecule has 0 atom stereocenters. The molecule has 136 valence electrons. The number of hydrogen-bond donors (Lipinski definition) is 1. The van der Waals surface area contributed by atoms with Gasteiger partial charge in [0.1, 0.15) is 5.75 Å². The fraction of sp³-hybridized carbons (Fsp3) is 0.0417. The molecule has 0 aliphatic carbocycles. The van der Waals surface area contributed by atoms with Gasteiger partial charge in [0.25, 0.3) is 0 Å². The summed E-state index contributed by atoms with van der Waals surface area (Å²) in [6.07, 6.45) is 0. The highest BCUT2D eigenvalue weighted by atomic mass is 32.1. The van der Waals surface area contributed by atoms with E-state index in [1.54, 1.807) is 11.3 Å². The summed E-state index contributed by atoms with van der Waals surface area (Å²) in [5.74, 6) is 0.258. The van der Waals surface area contributed by atoms with Crippen molar-refractivity contribution in [3.05, 3.63) is 96.6 Å². The summed E-state index contributed by atoms with van der Waals surface area (Å²) in [5, 5.41) is 13.8. The van der Waals surface area contributed by atoms with E-state index < -0.39 is 0 Å². The zero-order valence-corrected chi connectivity index (χ0v) is 15.9. The molecule has 0 bridgehead atoms. The molecule has 0 amide bonds. The molecule has 4 heteroatoms. The van der Waals surface area contributed by atoms with Gasteiger partial charge in [0, 0.05) is 0 Å². The van der Waals surface area contributed by atoms with Gasteiger partial charge >= 0.3 is 0 Å². The fourth-order valence-electron chi connectivity index (χ4n) is 3.43. The van der Waals surface area contributed by atoms with Gasteiger partial charge in [0.05, 0.1) is 22.4 Å². The third-order valence-corrected chi connectivity index (χ3v) is 5.89. The van der Waals surface area contributed by atoms with E-state index in [-0.39, 0.29) is 5.75 Å². The van der Waals surface area contributed by atoms with Gasteiger partial charge in [-0.05, 0) is 40.6 Å². The molecule has 0 unspecified atom stereocenters.